The highest BCUT2D eigenvalue weighted by molar-refractivity contribution is 5.94. The monoisotopic (exact) mass is 390 g/mol. The summed E-state index contributed by atoms with van der Waals surface area (Å²) in [6.07, 6.45) is 0.480. The standard InChI is InChI=1S/C7H12O3.C6H10O3.C5H8O3/c1-3-4-10-7(9)5-6(2)8;1-3-9-6(8)4-5(2)7;1-4(6)3-5(7)8-2/h3-5H2,1-2H3;3-4H2,1-2H3;3H2,1-2H3. The number of carbonyl (C=O) groups is 6. The van der Waals surface area contributed by atoms with Gasteiger partial charge in [-0.1, -0.05) is 6.92 Å². The van der Waals surface area contributed by atoms with Crippen LogP contribution in [-0.2, 0) is 43.0 Å². The smallest absolute Gasteiger partial charge is 0.313 e. The highest BCUT2D eigenvalue weighted by atomic mass is 16.5. The van der Waals surface area contributed by atoms with Gasteiger partial charge in [-0.25, -0.2) is 0 Å². The van der Waals surface area contributed by atoms with Crippen molar-refractivity contribution in [3.8, 4) is 0 Å². The quantitative estimate of drug-likeness (QED) is 0.327. The van der Waals surface area contributed by atoms with E-state index in [0.717, 1.165) is 6.42 Å². The third-order valence-electron chi connectivity index (χ3n) is 2.18. The first-order valence-electron chi connectivity index (χ1n) is 8.36. The van der Waals surface area contributed by atoms with Crippen LogP contribution in [0.2, 0.25) is 0 Å². The molecule has 0 aliphatic heterocycles. The number of rotatable bonds is 9. The van der Waals surface area contributed by atoms with Gasteiger partial charge in [0.2, 0.25) is 0 Å². The maximum absolute atomic E-state index is 10.6. The van der Waals surface area contributed by atoms with E-state index in [1.807, 2.05) is 6.92 Å². The molecule has 156 valence electrons. The summed E-state index contributed by atoms with van der Waals surface area (Å²) in [6, 6.07) is 0. The molecular weight excluding hydrogens is 360 g/mol. The molecule has 9 heteroatoms. The minimum Gasteiger partial charge on any atom is -0.469 e. The zero-order valence-corrected chi connectivity index (χ0v) is 16.9. The Labute approximate surface area is 159 Å². The summed E-state index contributed by atoms with van der Waals surface area (Å²) in [6.45, 7) is 8.43. The van der Waals surface area contributed by atoms with Gasteiger partial charge in [-0.05, 0) is 34.1 Å². The van der Waals surface area contributed by atoms with Gasteiger partial charge < -0.3 is 14.2 Å². The molecule has 0 saturated heterocycles. The molecule has 0 unspecified atom stereocenters. The fourth-order valence-electron chi connectivity index (χ4n) is 1.16. The molecule has 0 saturated carbocycles. The van der Waals surface area contributed by atoms with E-state index in [9.17, 15) is 28.8 Å². The van der Waals surface area contributed by atoms with Crippen molar-refractivity contribution in [1.82, 2.24) is 0 Å². The zero-order chi connectivity index (χ0) is 21.8. The molecule has 0 aliphatic carbocycles. The van der Waals surface area contributed by atoms with E-state index in [4.69, 9.17) is 0 Å². The van der Waals surface area contributed by atoms with Gasteiger partial charge in [0, 0.05) is 0 Å². The van der Waals surface area contributed by atoms with Gasteiger partial charge in [-0.15, -0.1) is 0 Å². The van der Waals surface area contributed by atoms with Crippen LogP contribution in [0, 0.1) is 0 Å². The third-order valence-corrected chi connectivity index (χ3v) is 2.18. The predicted molar refractivity (Wildman–Crippen MR) is 95.8 cm³/mol. The number of Topliss-reactive ketones (excluding diaryl/α,β-unsaturated/α-hetero) is 3. The van der Waals surface area contributed by atoms with E-state index >= 15 is 0 Å². The van der Waals surface area contributed by atoms with E-state index in [0.29, 0.717) is 13.2 Å². The molecule has 0 bridgehead atoms. The SMILES string of the molecule is CCCOC(=O)CC(C)=O.CCOC(=O)CC(C)=O.COC(=O)CC(C)=O. The number of esters is 3. The second-order valence-corrected chi connectivity index (χ2v) is 5.24. The highest BCUT2D eigenvalue weighted by Crippen LogP contribution is 1.89. The first kappa shape index (κ1) is 29.2. The second kappa shape index (κ2) is 19.7. The molecule has 0 amide bonds. The minimum absolute atomic E-state index is 0.0972. The van der Waals surface area contributed by atoms with E-state index in [1.54, 1.807) is 6.92 Å². The summed E-state index contributed by atoms with van der Waals surface area (Å²) < 4.78 is 13.3. The molecule has 0 aromatic heterocycles. The zero-order valence-electron chi connectivity index (χ0n) is 16.9. The first-order valence-corrected chi connectivity index (χ1v) is 8.36. The maximum atomic E-state index is 10.6. The van der Waals surface area contributed by atoms with E-state index in [2.05, 4.69) is 14.2 Å². The van der Waals surface area contributed by atoms with Crippen molar-refractivity contribution in [3.05, 3.63) is 0 Å². The number of ether oxygens (including phenoxy) is 3. The van der Waals surface area contributed by atoms with Crippen molar-refractivity contribution in [2.24, 2.45) is 0 Å². The molecule has 9 nitrogen and oxygen atoms in total. The van der Waals surface area contributed by atoms with Crippen LogP contribution >= 0.6 is 0 Å². The van der Waals surface area contributed by atoms with Crippen molar-refractivity contribution >= 4 is 35.3 Å². The van der Waals surface area contributed by atoms with Gasteiger partial charge >= 0.3 is 17.9 Å². The van der Waals surface area contributed by atoms with Crippen molar-refractivity contribution in [1.29, 1.82) is 0 Å². The Morgan fingerprint density at radius 1 is 0.630 bits per heavy atom. The van der Waals surface area contributed by atoms with Crippen LogP contribution in [0.25, 0.3) is 0 Å². The Bertz CT molecular complexity index is 495. The van der Waals surface area contributed by atoms with Gasteiger partial charge in [0.05, 0.1) is 20.3 Å². The fourth-order valence-corrected chi connectivity index (χ4v) is 1.16. The van der Waals surface area contributed by atoms with Gasteiger partial charge in [0.25, 0.3) is 0 Å². The molecule has 0 aliphatic rings. The van der Waals surface area contributed by atoms with Crippen molar-refractivity contribution in [2.45, 2.75) is 60.3 Å². The van der Waals surface area contributed by atoms with Gasteiger partial charge in [0.1, 0.15) is 36.6 Å². The lowest BCUT2D eigenvalue weighted by atomic mass is 10.3. The summed E-state index contributed by atoms with van der Waals surface area (Å²) in [5, 5.41) is 0. The molecule has 0 heterocycles. The Morgan fingerprint density at radius 2 is 1.00 bits per heavy atom. The number of carbonyl (C=O) groups excluding carboxylic acids is 6. The van der Waals surface area contributed by atoms with Crippen molar-refractivity contribution in [3.63, 3.8) is 0 Å². The van der Waals surface area contributed by atoms with Crippen LogP contribution in [0.5, 0.6) is 0 Å². The molecule has 0 fully saturated rings. The Kier molecular flexibility index (Phi) is 21.3. The molecule has 0 radical (unpaired) electrons. The predicted octanol–water partition coefficient (Wildman–Crippen LogP) is 1.59. The molecular formula is C18H30O9. The minimum atomic E-state index is -0.475. The number of methoxy groups -OCH3 is 1. The normalized spacial score (nSPS) is 8.67. The molecule has 0 spiro atoms. The van der Waals surface area contributed by atoms with Crippen LogP contribution in [-0.4, -0.2) is 55.6 Å². The van der Waals surface area contributed by atoms with E-state index in [-0.39, 0.29) is 36.6 Å². The topological polar surface area (TPSA) is 130 Å². The second-order valence-electron chi connectivity index (χ2n) is 5.24. The first-order chi connectivity index (χ1) is 12.5. The molecule has 0 atom stereocenters. The van der Waals surface area contributed by atoms with E-state index in [1.165, 1.54) is 27.9 Å². The Hall–Kier alpha value is -2.58. The summed E-state index contributed by atoms with van der Waals surface area (Å²) in [4.78, 5) is 61.8. The lowest BCUT2D eigenvalue weighted by Crippen LogP contribution is -2.09. The van der Waals surface area contributed by atoms with E-state index < -0.39 is 17.9 Å². The Morgan fingerprint density at radius 3 is 1.26 bits per heavy atom. The van der Waals surface area contributed by atoms with Crippen LogP contribution in [0.4, 0.5) is 0 Å². The molecule has 0 rings (SSSR count). The summed E-state index contributed by atoms with van der Waals surface area (Å²) >= 11 is 0. The number of hydrogen-bond donors (Lipinski definition) is 0. The van der Waals surface area contributed by atoms with Gasteiger partial charge in [-0.3, -0.25) is 28.8 Å². The van der Waals surface area contributed by atoms with Crippen molar-refractivity contribution in [2.75, 3.05) is 20.3 Å². The van der Waals surface area contributed by atoms with Crippen LogP contribution in [0.15, 0.2) is 0 Å². The maximum Gasteiger partial charge on any atom is 0.313 e. The van der Waals surface area contributed by atoms with Crippen LogP contribution in [0.1, 0.15) is 60.3 Å². The fraction of sp³-hybridized carbons (Fsp3) is 0.667. The average molecular weight is 390 g/mol. The third kappa shape index (κ3) is 31.7. The number of ketones is 3. The van der Waals surface area contributed by atoms with Crippen LogP contribution in [0.3, 0.4) is 0 Å². The molecule has 27 heavy (non-hydrogen) atoms. The van der Waals surface area contributed by atoms with Gasteiger partial charge in [-0.2, -0.15) is 0 Å². The highest BCUT2D eigenvalue weighted by Gasteiger charge is 2.04. The summed E-state index contributed by atoms with van der Waals surface area (Å²) in [5.74, 6) is -1.82. The van der Waals surface area contributed by atoms with Crippen LogP contribution < -0.4 is 0 Å². The molecule has 0 N–H and O–H groups in total. The van der Waals surface area contributed by atoms with Gasteiger partial charge in [0.15, 0.2) is 0 Å². The molecule has 0 aromatic rings. The number of hydrogen-bond acceptors (Lipinski definition) is 9. The largest absolute Gasteiger partial charge is 0.469 e. The van der Waals surface area contributed by atoms with Crippen molar-refractivity contribution < 1.29 is 43.0 Å². The lowest BCUT2D eigenvalue weighted by Gasteiger charge is -1.98. The summed E-state index contributed by atoms with van der Waals surface area (Å²) in [5.41, 5.74) is 0. The lowest BCUT2D eigenvalue weighted by molar-refractivity contribution is -0.147. The molecule has 0 aromatic carbocycles. The Balaban J connectivity index is -0.000000322. The summed E-state index contributed by atoms with van der Waals surface area (Å²) in [7, 11) is 1.26. The average Bonchev–Trinajstić information content (AvgIpc) is 2.52.